The first-order valence-corrected chi connectivity index (χ1v) is 8.58. The largest absolute Gasteiger partial charge is 0.0651 e. The van der Waals surface area contributed by atoms with Crippen LogP contribution in [-0.4, -0.2) is 0 Å². The normalized spacial score (nSPS) is 56.0. The van der Waals surface area contributed by atoms with Gasteiger partial charge in [0.15, 0.2) is 0 Å². The van der Waals surface area contributed by atoms with Gasteiger partial charge in [0.05, 0.1) is 0 Å². The van der Waals surface area contributed by atoms with Crippen molar-refractivity contribution in [3.05, 3.63) is 0 Å². The lowest BCUT2D eigenvalue weighted by molar-refractivity contribution is -0.0573. The van der Waals surface area contributed by atoms with E-state index in [0.717, 1.165) is 35.5 Å². The fourth-order valence-electron chi connectivity index (χ4n) is 6.25. The van der Waals surface area contributed by atoms with Gasteiger partial charge in [-0.25, -0.2) is 0 Å². The van der Waals surface area contributed by atoms with E-state index in [-0.39, 0.29) is 0 Å². The summed E-state index contributed by atoms with van der Waals surface area (Å²) >= 11 is 0. The number of rotatable bonds is 1. The first kappa shape index (κ1) is 13.0. The highest BCUT2D eigenvalue weighted by Gasteiger charge is 2.55. The molecule has 3 rings (SSSR count). The Bertz CT molecular complexity index is 307. The Morgan fingerprint density at radius 1 is 1.00 bits per heavy atom. The van der Waals surface area contributed by atoms with E-state index in [1.54, 1.807) is 12.8 Å². The molecular formula is C18H32. The van der Waals surface area contributed by atoms with Crippen molar-refractivity contribution in [2.75, 3.05) is 0 Å². The van der Waals surface area contributed by atoms with Gasteiger partial charge in [-0.15, -0.1) is 0 Å². The second-order valence-corrected chi connectivity index (χ2v) is 8.09. The average Bonchev–Trinajstić information content (AvgIpc) is 2.66. The van der Waals surface area contributed by atoms with E-state index in [1.165, 1.54) is 32.1 Å². The summed E-state index contributed by atoms with van der Waals surface area (Å²) in [5.41, 5.74) is 0.699. The van der Waals surface area contributed by atoms with E-state index >= 15 is 0 Å². The molecule has 0 spiro atoms. The molecule has 3 aliphatic rings. The van der Waals surface area contributed by atoms with Gasteiger partial charge in [0.1, 0.15) is 0 Å². The quantitative estimate of drug-likeness (QED) is 0.573. The molecule has 0 heterocycles. The topological polar surface area (TPSA) is 0 Å². The lowest BCUT2D eigenvalue weighted by Crippen LogP contribution is -2.47. The van der Waals surface area contributed by atoms with Gasteiger partial charge < -0.3 is 0 Å². The summed E-state index contributed by atoms with van der Waals surface area (Å²) in [7, 11) is 0. The van der Waals surface area contributed by atoms with Crippen LogP contribution in [0.25, 0.3) is 0 Å². The third-order valence-electron chi connectivity index (χ3n) is 7.64. The van der Waals surface area contributed by atoms with Crippen molar-refractivity contribution in [3.8, 4) is 0 Å². The molecule has 0 aromatic rings. The average molecular weight is 248 g/mol. The summed E-state index contributed by atoms with van der Waals surface area (Å²) < 4.78 is 0. The maximum absolute atomic E-state index is 2.63. The molecular weight excluding hydrogens is 216 g/mol. The highest BCUT2D eigenvalue weighted by Crippen LogP contribution is 2.63. The Kier molecular flexibility index (Phi) is 3.27. The van der Waals surface area contributed by atoms with E-state index in [9.17, 15) is 0 Å². The minimum Gasteiger partial charge on any atom is -0.0651 e. The Balaban J connectivity index is 1.89. The fourth-order valence-corrected chi connectivity index (χ4v) is 6.25. The van der Waals surface area contributed by atoms with Gasteiger partial charge >= 0.3 is 0 Å². The van der Waals surface area contributed by atoms with Crippen LogP contribution in [-0.2, 0) is 0 Å². The molecule has 0 aromatic heterocycles. The molecule has 104 valence electrons. The number of hydrogen-bond acceptors (Lipinski definition) is 0. The minimum absolute atomic E-state index is 0.699. The van der Waals surface area contributed by atoms with Gasteiger partial charge in [-0.1, -0.05) is 40.5 Å². The van der Waals surface area contributed by atoms with Crippen LogP contribution < -0.4 is 0 Å². The Hall–Kier alpha value is 0. The van der Waals surface area contributed by atoms with Crippen LogP contribution in [0.15, 0.2) is 0 Å². The van der Waals surface area contributed by atoms with Crippen LogP contribution in [0.4, 0.5) is 0 Å². The zero-order chi connectivity index (χ0) is 12.9. The van der Waals surface area contributed by atoms with Gasteiger partial charge in [-0.2, -0.15) is 0 Å². The van der Waals surface area contributed by atoms with E-state index in [1.807, 2.05) is 0 Å². The predicted octanol–water partition coefficient (Wildman–Crippen LogP) is 5.52. The smallest absolute Gasteiger partial charge is 0.0269 e. The van der Waals surface area contributed by atoms with Crippen molar-refractivity contribution < 1.29 is 0 Å². The molecule has 0 aromatic carbocycles. The molecule has 18 heavy (non-hydrogen) atoms. The van der Waals surface area contributed by atoms with Crippen LogP contribution in [0.2, 0.25) is 0 Å². The van der Waals surface area contributed by atoms with E-state index in [2.05, 4.69) is 27.7 Å². The second kappa shape index (κ2) is 4.53. The summed E-state index contributed by atoms with van der Waals surface area (Å²) in [6, 6.07) is 0. The van der Waals surface area contributed by atoms with Gasteiger partial charge in [0, 0.05) is 0 Å². The van der Waals surface area contributed by atoms with Crippen molar-refractivity contribution in [1.29, 1.82) is 0 Å². The van der Waals surface area contributed by atoms with Gasteiger partial charge in [0.25, 0.3) is 0 Å². The monoisotopic (exact) mass is 248 g/mol. The van der Waals surface area contributed by atoms with Crippen molar-refractivity contribution in [2.24, 2.45) is 40.9 Å². The SMILES string of the molecule is CCC1CCC(C)C2C1CCC1(C)C2CC[C@@H]1C. The fraction of sp³-hybridized carbons (Fsp3) is 1.00. The van der Waals surface area contributed by atoms with Crippen molar-refractivity contribution in [1.82, 2.24) is 0 Å². The van der Waals surface area contributed by atoms with Gasteiger partial charge in [0.2, 0.25) is 0 Å². The van der Waals surface area contributed by atoms with Crippen LogP contribution in [0.5, 0.6) is 0 Å². The lowest BCUT2D eigenvalue weighted by Gasteiger charge is -2.55. The Morgan fingerprint density at radius 2 is 1.78 bits per heavy atom. The zero-order valence-corrected chi connectivity index (χ0v) is 12.9. The maximum Gasteiger partial charge on any atom is -0.0269 e. The van der Waals surface area contributed by atoms with Gasteiger partial charge in [-0.3, -0.25) is 0 Å². The second-order valence-electron chi connectivity index (χ2n) is 8.09. The summed E-state index contributed by atoms with van der Waals surface area (Å²) in [6.07, 6.45) is 10.6. The van der Waals surface area contributed by atoms with Crippen LogP contribution in [0.1, 0.15) is 72.6 Å². The summed E-state index contributed by atoms with van der Waals surface area (Å²) in [6.45, 7) is 10.2. The standard InChI is InChI=1S/C18H32/c1-5-14-8-6-12(2)17-15(14)10-11-18(4)13(3)7-9-16(17)18/h12-17H,5-11H2,1-4H3/t12?,13-,14?,15?,16?,17?,18?/m0/s1. The third kappa shape index (κ3) is 1.70. The molecule has 0 nitrogen and oxygen atoms in total. The van der Waals surface area contributed by atoms with E-state index < -0.39 is 0 Å². The van der Waals surface area contributed by atoms with Crippen LogP contribution in [0.3, 0.4) is 0 Å². The van der Waals surface area contributed by atoms with E-state index in [4.69, 9.17) is 0 Å². The Labute approximate surface area is 114 Å². The number of fused-ring (bicyclic) bond motifs is 3. The molecule has 0 radical (unpaired) electrons. The molecule has 3 saturated carbocycles. The highest BCUT2D eigenvalue weighted by atomic mass is 14.6. The highest BCUT2D eigenvalue weighted by molar-refractivity contribution is 5.04. The molecule has 0 heteroatoms. The minimum atomic E-state index is 0.699. The van der Waals surface area contributed by atoms with Gasteiger partial charge in [-0.05, 0) is 73.0 Å². The molecule has 0 saturated heterocycles. The Morgan fingerprint density at radius 3 is 2.50 bits per heavy atom. The summed E-state index contributed by atoms with van der Waals surface area (Å²) in [5, 5.41) is 0. The molecule has 6 unspecified atom stereocenters. The lowest BCUT2D eigenvalue weighted by atomic mass is 9.50. The molecule has 3 fully saturated rings. The first-order chi connectivity index (χ1) is 8.58. The van der Waals surface area contributed by atoms with Crippen molar-refractivity contribution in [3.63, 3.8) is 0 Å². The van der Waals surface area contributed by atoms with Crippen LogP contribution in [0, 0.1) is 40.9 Å². The summed E-state index contributed by atoms with van der Waals surface area (Å²) in [5.74, 6) is 6.28. The van der Waals surface area contributed by atoms with Crippen molar-refractivity contribution in [2.45, 2.75) is 72.6 Å². The molecule has 0 aliphatic heterocycles. The molecule has 0 amide bonds. The maximum atomic E-state index is 2.63. The predicted molar refractivity (Wildman–Crippen MR) is 78.4 cm³/mol. The molecule has 7 atom stereocenters. The van der Waals surface area contributed by atoms with E-state index in [0.29, 0.717) is 5.41 Å². The third-order valence-corrected chi connectivity index (χ3v) is 7.64. The molecule has 0 bridgehead atoms. The first-order valence-electron chi connectivity index (χ1n) is 8.58. The zero-order valence-electron chi connectivity index (χ0n) is 12.9. The number of hydrogen-bond donors (Lipinski definition) is 0. The molecule has 0 N–H and O–H groups in total. The van der Waals surface area contributed by atoms with Crippen molar-refractivity contribution >= 4 is 0 Å². The van der Waals surface area contributed by atoms with Crippen LogP contribution >= 0.6 is 0 Å². The molecule has 3 aliphatic carbocycles. The summed E-state index contributed by atoms with van der Waals surface area (Å²) in [4.78, 5) is 0.